The van der Waals surface area contributed by atoms with Gasteiger partial charge >= 0.3 is 0 Å². The molecule has 3 aromatic rings. The Labute approximate surface area is 98.4 Å². The van der Waals surface area contributed by atoms with Crippen LogP contribution < -0.4 is 0 Å². The third kappa shape index (κ3) is 1.84. The number of thiophene rings is 1. The van der Waals surface area contributed by atoms with Crippen molar-refractivity contribution in [1.29, 1.82) is 0 Å². The summed E-state index contributed by atoms with van der Waals surface area (Å²) in [6, 6.07) is 14.6. The van der Waals surface area contributed by atoms with Gasteiger partial charge in [0.25, 0.3) is 0 Å². The molecule has 0 atom stereocenters. The second-order valence-electron chi connectivity index (χ2n) is 3.80. The van der Waals surface area contributed by atoms with Crippen molar-refractivity contribution in [2.75, 3.05) is 0 Å². The molecular weight excluding hydrogens is 214 g/mol. The van der Waals surface area contributed by atoms with Crippen molar-refractivity contribution in [2.45, 2.75) is 6.42 Å². The summed E-state index contributed by atoms with van der Waals surface area (Å²) in [4.78, 5) is 4.65. The smallest absolute Gasteiger partial charge is 0.0705 e. The van der Waals surface area contributed by atoms with E-state index in [1.807, 2.05) is 12.1 Å². The molecule has 0 aliphatic heterocycles. The van der Waals surface area contributed by atoms with E-state index in [4.69, 9.17) is 0 Å². The molecule has 2 heterocycles. The molecule has 0 radical (unpaired) electrons. The minimum absolute atomic E-state index is 0.925. The van der Waals surface area contributed by atoms with Gasteiger partial charge in [0.15, 0.2) is 0 Å². The maximum Gasteiger partial charge on any atom is 0.0705 e. The van der Waals surface area contributed by atoms with Gasteiger partial charge in [-0.3, -0.25) is 4.98 Å². The number of rotatable bonds is 2. The molecule has 0 unspecified atom stereocenters. The monoisotopic (exact) mass is 225 g/mol. The lowest BCUT2D eigenvalue weighted by molar-refractivity contribution is 1.11. The fourth-order valence-corrected chi connectivity index (χ4v) is 2.48. The fourth-order valence-electron chi connectivity index (χ4n) is 1.81. The molecule has 2 aromatic heterocycles. The van der Waals surface area contributed by atoms with Gasteiger partial charge in [0.2, 0.25) is 0 Å². The Hall–Kier alpha value is -1.67. The quantitative estimate of drug-likeness (QED) is 0.645. The summed E-state index contributed by atoms with van der Waals surface area (Å²) in [5, 5.41) is 5.49. The van der Waals surface area contributed by atoms with Crippen LogP contribution in [0.15, 0.2) is 53.2 Å². The van der Waals surface area contributed by atoms with Crippen LogP contribution in [0.3, 0.4) is 0 Å². The second-order valence-corrected chi connectivity index (χ2v) is 4.58. The van der Waals surface area contributed by atoms with Gasteiger partial charge in [-0.05, 0) is 34.5 Å². The van der Waals surface area contributed by atoms with E-state index in [0.29, 0.717) is 0 Å². The van der Waals surface area contributed by atoms with Gasteiger partial charge in [0.1, 0.15) is 0 Å². The number of hydrogen-bond acceptors (Lipinski definition) is 2. The predicted molar refractivity (Wildman–Crippen MR) is 68.9 cm³/mol. The second kappa shape index (κ2) is 4.06. The summed E-state index contributed by atoms with van der Waals surface area (Å²) >= 11 is 1.73. The molecular formula is C14H11NS. The first-order valence-corrected chi connectivity index (χ1v) is 6.22. The Kier molecular flexibility index (Phi) is 2.43. The Balaban J connectivity index is 1.99. The molecule has 0 spiro atoms. The fraction of sp³-hybridized carbons (Fsp3) is 0.0714. The first kappa shape index (κ1) is 9.55. The largest absolute Gasteiger partial charge is 0.252 e. The zero-order valence-electron chi connectivity index (χ0n) is 8.76. The molecule has 78 valence electrons. The zero-order chi connectivity index (χ0) is 10.8. The average Bonchev–Trinajstić information content (AvgIpc) is 2.82. The molecule has 0 N–H and O–H groups in total. The molecule has 0 amide bonds. The van der Waals surface area contributed by atoms with Crippen LogP contribution in [0.25, 0.3) is 10.9 Å². The van der Waals surface area contributed by atoms with Gasteiger partial charge in [-0.2, -0.15) is 11.3 Å². The number of hydrogen-bond donors (Lipinski definition) is 0. The highest BCUT2D eigenvalue weighted by atomic mass is 32.1. The molecule has 0 saturated carbocycles. The predicted octanol–water partition coefficient (Wildman–Crippen LogP) is 3.89. The SMILES string of the molecule is c1ccc2nc(Cc3ccsc3)ccc2c1. The third-order valence-electron chi connectivity index (χ3n) is 2.62. The summed E-state index contributed by atoms with van der Waals surface area (Å²) in [7, 11) is 0. The van der Waals surface area contributed by atoms with E-state index in [1.165, 1.54) is 10.9 Å². The van der Waals surface area contributed by atoms with E-state index in [-0.39, 0.29) is 0 Å². The van der Waals surface area contributed by atoms with Crippen molar-refractivity contribution in [3.8, 4) is 0 Å². The van der Waals surface area contributed by atoms with E-state index < -0.39 is 0 Å². The van der Waals surface area contributed by atoms with Gasteiger partial charge in [-0.25, -0.2) is 0 Å². The van der Waals surface area contributed by atoms with E-state index in [1.54, 1.807) is 11.3 Å². The highest BCUT2D eigenvalue weighted by Gasteiger charge is 1.99. The summed E-state index contributed by atoms with van der Waals surface area (Å²) in [6.45, 7) is 0. The van der Waals surface area contributed by atoms with Crippen molar-refractivity contribution in [3.63, 3.8) is 0 Å². The maximum absolute atomic E-state index is 4.65. The van der Waals surface area contributed by atoms with E-state index in [0.717, 1.165) is 17.6 Å². The standard InChI is InChI=1S/C14H11NS/c1-2-4-14-12(3-1)5-6-13(15-14)9-11-7-8-16-10-11/h1-8,10H,9H2. The number of aromatic nitrogens is 1. The number of nitrogens with zero attached hydrogens (tertiary/aromatic N) is 1. The van der Waals surface area contributed by atoms with Gasteiger partial charge in [0.05, 0.1) is 5.52 Å². The number of benzene rings is 1. The lowest BCUT2D eigenvalue weighted by Crippen LogP contribution is -1.90. The Morgan fingerprint density at radius 2 is 1.94 bits per heavy atom. The minimum atomic E-state index is 0.925. The Morgan fingerprint density at radius 1 is 1.00 bits per heavy atom. The lowest BCUT2D eigenvalue weighted by atomic mass is 10.1. The van der Waals surface area contributed by atoms with Crippen LogP contribution in [-0.2, 0) is 6.42 Å². The highest BCUT2D eigenvalue weighted by molar-refractivity contribution is 7.07. The van der Waals surface area contributed by atoms with E-state index in [2.05, 4.69) is 46.1 Å². The minimum Gasteiger partial charge on any atom is -0.252 e. The van der Waals surface area contributed by atoms with Gasteiger partial charge in [-0.15, -0.1) is 0 Å². The van der Waals surface area contributed by atoms with Crippen molar-refractivity contribution < 1.29 is 0 Å². The van der Waals surface area contributed by atoms with Crippen molar-refractivity contribution in [2.24, 2.45) is 0 Å². The summed E-state index contributed by atoms with van der Waals surface area (Å²) in [5.41, 5.74) is 3.56. The Morgan fingerprint density at radius 3 is 2.81 bits per heavy atom. The molecule has 1 nitrogen and oxygen atoms in total. The van der Waals surface area contributed by atoms with Crippen LogP contribution in [0.4, 0.5) is 0 Å². The highest BCUT2D eigenvalue weighted by Crippen LogP contribution is 2.15. The normalized spacial score (nSPS) is 10.8. The van der Waals surface area contributed by atoms with Gasteiger partial charge < -0.3 is 0 Å². The van der Waals surface area contributed by atoms with E-state index >= 15 is 0 Å². The van der Waals surface area contributed by atoms with Crippen LogP contribution in [0.2, 0.25) is 0 Å². The van der Waals surface area contributed by atoms with Crippen LogP contribution >= 0.6 is 11.3 Å². The molecule has 2 heteroatoms. The van der Waals surface area contributed by atoms with Crippen LogP contribution in [0, 0.1) is 0 Å². The Bertz CT molecular complexity index is 599. The van der Waals surface area contributed by atoms with Crippen LogP contribution in [-0.4, -0.2) is 4.98 Å². The lowest BCUT2D eigenvalue weighted by Gasteiger charge is -2.01. The molecule has 16 heavy (non-hydrogen) atoms. The molecule has 0 saturated heterocycles. The molecule has 0 aliphatic rings. The van der Waals surface area contributed by atoms with Crippen LogP contribution in [0.5, 0.6) is 0 Å². The first-order chi connectivity index (χ1) is 7.92. The van der Waals surface area contributed by atoms with Crippen molar-refractivity contribution >= 4 is 22.2 Å². The zero-order valence-corrected chi connectivity index (χ0v) is 9.58. The average molecular weight is 225 g/mol. The topological polar surface area (TPSA) is 12.9 Å². The van der Waals surface area contributed by atoms with Crippen molar-refractivity contribution in [1.82, 2.24) is 4.98 Å². The number of pyridine rings is 1. The van der Waals surface area contributed by atoms with Crippen molar-refractivity contribution in [3.05, 3.63) is 64.5 Å². The number of para-hydroxylation sites is 1. The van der Waals surface area contributed by atoms with Gasteiger partial charge in [0, 0.05) is 17.5 Å². The first-order valence-electron chi connectivity index (χ1n) is 5.27. The summed E-state index contributed by atoms with van der Waals surface area (Å²) in [5.74, 6) is 0. The molecule has 0 bridgehead atoms. The number of fused-ring (bicyclic) bond motifs is 1. The molecule has 1 aromatic carbocycles. The molecule has 0 aliphatic carbocycles. The summed E-state index contributed by atoms with van der Waals surface area (Å²) < 4.78 is 0. The third-order valence-corrected chi connectivity index (χ3v) is 3.35. The molecule has 3 rings (SSSR count). The van der Waals surface area contributed by atoms with Gasteiger partial charge in [-0.1, -0.05) is 24.3 Å². The summed E-state index contributed by atoms with van der Waals surface area (Å²) in [6.07, 6.45) is 0.925. The van der Waals surface area contributed by atoms with Crippen LogP contribution in [0.1, 0.15) is 11.3 Å². The van der Waals surface area contributed by atoms with E-state index in [9.17, 15) is 0 Å². The maximum atomic E-state index is 4.65. The molecule has 0 fully saturated rings.